The SMILES string of the molecule is COc1cccc(CC(=O)N2CCC3(CCN(CC4=COCCC4)C3)CC2)c1. The van der Waals surface area contributed by atoms with Gasteiger partial charge in [0.05, 0.1) is 26.4 Å². The zero-order valence-electron chi connectivity index (χ0n) is 17.0. The van der Waals surface area contributed by atoms with Crippen molar-refractivity contribution < 1.29 is 14.3 Å². The van der Waals surface area contributed by atoms with Gasteiger partial charge in [-0.05, 0) is 67.3 Å². The fourth-order valence-corrected chi connectivity index (χ4v) is 4.89. The van der Waals surface area contributed by atoms with Crippen molar-refractivity contribution in [2.45, 2.75) is 38.5 Å². The maximum absolute atomic E-state index is 12.8. The quantitative estimate of drug-likeness (QED) is 0.782. The molecule has 0 aromatic heterocycles. The minimum Gasteiger partial charge on any atom is -0.501 e. The average molecular weight is 385 g/mol. The molecule has 28 heavy (non-hydrogen) atoms. The first kappa shape index (κ1) is 19.3. The summed E-state index contributed by atoms with van der Waals surface area (Å²) in [5.74, 6) is 1.05. The van der Waals surface area contributed by atoms with E-state index in [1.54, 1.807) is 7.11 Å². The van der Waals surface area contributed by atoms with Crippen molar-refractivity contribution in [2.24, 2.45) is 5.41 Å². The Morgan fingerprint density at radius 1 is 1.21 bits per heavy atom. The molecule has 3 aliphatic rings. The summed E-state index contributed by atoms with van der Waals surface area (Å²) in [5, 5.41) is 0. The molecule has 0 N–H and O–H groups in total. The summed E-state index contributed by atoms with van der Waals surface area (Å²) in [6.07, 6.45) is 8.29. The molecule has 152 valence electrons. The Balaban J connectivity index is 1.27. The number of ether oxygens (including phenoxy) is 2. The van der Waals surface area contributed by atoms with Crippen LogP contribution in [0.5, 0.6) is 5.75 Å². The van der Waals surface area contributed by atoms with E-state index in [0.29, 0.717) is 11.8 Å². The van der Waals surface area contributed by atoms with E-state index in [2.05, 4.69) is 9.80 Å². The molecule has 5 heteroatoms. The number of benzene rings is 1. The monoisotopic (exact) mass is 384 g/mol. The van der Waals surface area contributed by atoms with Crippen LogP contribution in [0.4, 0.5) is 0 Å². The summed E-state index contributed by atoms with van der Waals surface area (Å²) in [6.45, 7) is 6.05. The first-order valence-corrected chi connectivity index (χ1v) is 10.6. The van der Waals surface area contributed by atoms with Crippen LogP contribution in [0.2, 0.25) is 0 Å². The van der Waals surface area contributed by atoms with Crippen LogP contribution in [0, 0.1) is 5.41 Å². The van der Waals surface area contributed by atoms with Crippen molar-refractivity contribution >= 4 is 5.91 Å². The number of methoxy groups -OCH3 is 1. The van der Waals surface area contributed by atoms with Gasteiger partial charge in [0.1, 0.15) is 5.75 Å². The molecule has 2 fully saturated rings. The van der Waals surface area contributed by atoms with Crippen molar-refractivity contribution in [3.63, 3.8) is 0 Å². The zero-order chi connectivity index (χ0) is 19.4. The fraction of sp³-hybridized carbons (Fsp3) is 0.609. The third kappa shape index (κ3) is 4.52. The second kappa shape index (κ2) is 8.56. The van der Waals surface area contributed by atoms with Gasteiger partial charge >= 0.3 is 0 Å². The second-order valence-corrected chi connectivity index (χ2v) is 8.62. The van der Waals surface area contributed by atoms with E-state index in [1.165, 1.54) is 31.5 Å². The van der Waals surface area contributed by atoms with Crippen LogP contribution in [0.1, 0.15) is 37.7 Å². The van der Waals surface area contributed by atoms with E-state index < -0.39 is 0 Å². The van der Waals surface area contributed by atoms with Gasteiger partial charge in [0.2, 0.25) is 5.91 Å². The molecule has 0 bridgehead atoms. The first-order valence-electron chi connectivity index (χ1n) is 10.6. The Morgan fingerprint density at radius 3 is 2.79 bits per heavy atom. The average Bonchev–Trinajstić information content (AvgIpc) is 3.11. The van der Waals surface area contributed by atoms with Crippen molar-refractivity contribution in [2.75, 3.05) is 46.4 Å². The molecule has 0 atom stereocenters. The maximum Gasteiger partial charge on any atom is 0.226 e. The molecule has 3 aliphatic heterocycles. The Hall–Kier alpha value is -2.01. The number of hydrogen-bond donors (Lipinski definition) is 0. The lowest BCUT2D eigenvalue weighted by Crippen LogP contribution is -2.44. The van der Waals surface area contributed by atoms with E-state index in [9.17, 15) is 4.79 Å². The summed E-state index contributed by atoms with van der Waals surface area (Å²) in [7, 11) is 1.66. The highest BCUT2D eigenvalue weighted by molar-refractivity contribution is 5.79. The third-order valence-electron chi connectivity index (χ3n) is 6.62. The molecule has 1 spiro atoms. The highest BCUT2D eigenvalue weighted by Gasteiger charge is 2.41. The third-order valence-corrected chi connectivity index (χ3v) is 6.62. The summed E-state index contributed by atoms with van der Waals surface area (Å²) in [6, 6.07) is 7.83. The van der Waals surface area contributed by atoms with Crippen LogP contribution in [-0.4, -0.2) is 62.1 Å². The number of piperidine rings is 1. The van der Waals surface area contributed by atoms with Crippen LogP contribution in [0.15, 0.2) is 36.1 Å². The largest absolute Gasteiger partial charge is 0.501 e. The predicted molar refractivity (Wildman–Crippen MR) is 109 cm³/mol. The number of hydrogen-bond acceptors (Lipinski definition) is 4. The van der Waals surface area contributed by atoms with Gasteiger partial charge in [0.15, 0.2) is 0 Å². The molecule has 1 aromatic rings. The maximum atomic E-state index is 12.8. The Labute approximate surface area is 168 Å². The highest BCUT2D eigenvalue weighted by Crippen LogP contribution is 2.40. The second-order valence-electron chi connectivity index (χ2n) is 8.62. The number of likely N-dealkylation sites (tertiary alicyclic amines) is 2. The lowest BCUT2D eigenvalue weighted by atomic mass is 9.77. The first-order chi connectivity index (χ1) is 13.7. The summed E-state index contributed by atoms with van der Waals surface area (Å²) in [5.41, 5.74) is 2.87. The van der Waals surface area contributed by atoms with Crippen LogP contribution in [0.25, 0.3) is 0 Å². The van der Waals surface area contributed by atoms with Crippen LogP contribution in [-0.2, 0) is 16.0 Å². The number of rotatable bonds is 5. The Kier molecular flexibility index (Phi) is 5.90. The van der Waals surface area contributed by atoms with Gasteiger partial charge in [-0.2, -0.15) is 0 Å². The van der Waals surface area contributed by atoms with Gasteiger partial charge in [-0.3, -0.25) is 9.69 Å². The number of nitrogens with zero attached hydrogens (tertiary/aromatic N) is 2. The Morgan fingerprint density at radius 2 is 2.04 bits per heavy atom. The number of amides is 1. The van der Waals surface area contributed by atoms with Gasteiger partial charge in [-0.1, -0.05) is 12.1 Å². The smallest absolute Gasteiger partial charge is 0.226 e. The van der Waals surface area contributed by atoms with Gasteiger partial charge in [0.25, 0.3) is 0 Å². The molecule has 2 saturated heterocycles. The van der Waals surface area contributed by atoms with E-state index in [-0.39, 0.29) is 5.91 Å². The molecule has 0 unspecified atom stereocenters. The minimum atomic E-state index is 0.238. The van der Waals surface area contributed by atoms with Crippen molar-refractivity contribution in [3.8, 4) is 5.75 Å². The molecule has 1 aromatic carbocycles. The molecular formula is C23H32N2O3. The van der Waals surface area contributed by atoms with E-state index in [1.807, 2.05) is 30.5 Å². The fourth-order valence-electron chi connectivity index (χ4n) is 4.89. The molecular weight excluding hydrogens is 352 g/mol. The summed E-state index contributed by atoms with van der Waals surface area (Å²) < 4.78 is 10.8. The Bertz CT molecular complexity index is 722. The zero-order valence-corrected chi connectivity index (χ0v) is 17.0. The van der Waals surface area contributed by atoms with Gasteiger partial charge < -0.3 is 14.4 Å². The van der Waals surface area contributed by atoms with E-state index in [0.717, 1.165) is 56.8 Å². The highest BCUT2D eigenvalue weighted by atomic mass is 16.5. The molecule has 0 radical (unpaired) electrons. The standard InChI is InChI=1S/C23H32N2O3/c1-27-21-6-2-4-19(14-21)15-22(26)25-11-8-23(9-12-25)7-10-24(18-23)16-20-5-3-13-28-17-20/h2,4,6,14,17H,3,5,7-13,15-16,18H2,1H3. The molecule has 5 nitrogen and oxygen atoms in total. The van der Waals surface area contributed by atoms with Gasteiger partial charge in [-0.15, -0.1) is 0 Å². The minimum absolute atomic E-state index is 0.238. The van der Waals surface area contributed by atoms with Crippen molar-refractivity contribution in [3.05, 3.63) is 41.7 Å². The topological polar surface area (TPSA) is 42.0 Å². The predicted octanol–water partition coefficient (Wildman–Crippen LogP) is 3.25. The number of carbonyl (C=O) groups excluding carboxylic acids is 1. The van der Waals surface area contributed by atoms with Crippen molar-refractivity contribution in [1.82, 2.24) is 9.80 Å². The van der Waals surface area contributed by atoms with Gasteiger partial charge in [0, 0.05) is 26.2 Å². The lowest BCUT2D eigenvalue weighted by molar-refractivity contribution is -0.132. The number of carbonyl (C=O) groups is 1. The molecule has 1 amide bonds. The summed E-state index contributed by atoms with van der Waals surface area (Å²) >= 11 is 0. The van der Waals surface area contributed by atoms with Crippen LogP contribution in [0.3, 0.4) is 0 Å². The van der Waals surface area contributed by atoms with Crippen LogP contribution < -0.4 is 4.74 Å². The van der Waals surface area contributed by atoms with Crippen LogP contribution >= 0.6 is 0 Å². The summed E-state index contributed by atoms with van der Waals surface area (Å²) in [4.78, 5) is 17.4. The van der Waals surface area contributed by atoms with Crippen molar-refractivity contribution in [1.29, 1.82) is 0 Å². The van der Waals surface area contributed by atoms with E-state index in [4.69, 9.17) is 9.47 Å². The molecule has 3 heterocycles. The molecule has 0 saturated carbocycles. The molecule has 0 aliphatic carbocycles. The normalized spacial score (nSPS) is 22.0. The lowest BCUT2D eigenvalue weighted by Gasteiger charge is -2.39. The molecule has 4 rings (SSSR count). The van der Waals surface area contributed by atoms with Gasteiger partial charge in [-0.25, -0.2) is 0 Å². The van der Waals surface area contributed by atoms with E-state index >= 15 is 0 Å².